The molecule has 1 saturated heterocycles. The Morgan fingerprint density at radius 3 is 2.62 bits per heavy atom. The molecule has 1 amide bonds. The van der Waals surface area contributed by atoms with Crippen LogP contribution in [0.15, 0.2) is 36.8 Å². The quantitative estimate of drug-likeness (QED) is 0.770. The largest absolute Gasteiger partial charge is 0.337 e. The molecule has 0 spiro atoms. The van der Waals surface area contributed by atoms with E-state index in [-0.39, 0.29) is 27.9 Å². The zero-order valence-electron chi connectivity index (χ0n) is 14.3. The second-order valence-electron chi connectivity index (χ2n) is 8.05. The third-order valence-electron chi connectivity index (χ3n) is 6.58. The Balaban J connectivity index is 1.27. The second-order valence-corrected chi connectivity index (χ2v) is 8.41. The van der Waals surface area contributed by atoms with Crippen molar-refractivity contribution >= 4 is 17.5 Å². The smallest absolute Gasteiger partial charge is 0.223 e. The molecule has 3 saturated carbocycles. The van der Waals surface area contributed by atoms with Crippen molar-refractivity contribution in [2.24, 2.45) is 0 Å². The van der Waals surface area contributed by atoms with Crippen molar-refractivity contribution in [3.8, 4) is 0 Å². The van der Waals surface area contributed by atoms with E-state index in [1.165, 1.54) is 11.6 Å². The number of amides is 1. The Labute approximate surface area is 156 Å². The van der Waals surface area contributed by atoms with E-state index in [1.807, 2.05) is 12.4 Å². The Kier molecular flexibility index (Phi) is 3.42. The van der Waals surface area contributed by atoms with Crippen LogP contribution in [-0.4, -0.2) is 32.9 Å². The molecule has 1 aliphatic heterocycles. The number of carbonyl (C=O) groups is 1. The first-order chi connectivity index (χ1) is 12.5. The zero-order chi connectivity index (χ0) is 17.9. The minimum atomic E-state index is -0.516. The van der Waals surface area contributed by atoms with Gasteiger partial charge in [-0.25, -0.2) is 9.37 Å². The van der Waals surface area contributed by atoms with Crippen molar-refractivity contribution in [3.63, 3.8) is 0 Å². The molecule has 134 valence electrons. The van der Waals surface area contributed by atoms with E-state index >= 15 is 0 Å². The molecule has 0 aromatic carbocycles. The average molecular weight is 372 g/mol. The van der Waals surface area contributed by atoms with E-state index < -0.39 is 5.82 Å². The summed E-state index contributed by atoms with van der Waals surface area (Å²) in [5.41, 5.74) is 2.42. The molecule has 3 heterocycles. The molecule has 26 heavy (non-hydrogen) atoms. The van der Waals surface area contributed by atoms with Crippen LogP contribution in [-0.2, 0) is 10.2 Å². The van der Waals surface area contributed by atoms with Crippen LogP contribution >= 0.6 is 11.6 Å². The number of rotatable bonds is 3. The molecule has 2 aromatic heterocycles. The highest BCUT2D eigenvalue weighted by atomic mass is 35.5. The molecule has 2 aromatic rings. The first-order valence-corrected chi connectivity index (χ1v) is 9.41. The van der Waals surface area contributed by atoms with Gasteiger partial charge >= 0.3 is 0 Å². The number of likely N-dealkylation sites (tertiary alicyclic amines) is 1. The van der Waals surface area contributed by atoms with Gasteiger partial charge in [0.05, 0.1) is 0 Å². The van der Waals surface area contributed by atoms with Gasteiger partial charge in [-0.1, -0.05) is 11.6 Å². The normalized spacial score (nSPS) is 32.8. The van der Waals surface area contributed by atoms with Gasteiger partial charge in [-0.05, 0) is 60.9 Å². The van der Waals surface area contributed by atoms with Crippen molar-refractivity contribution in [1.29, 1.82) is 0 Å². The Morgan fingerprint density at radius 2 is 1.96 bits per heavy atom. The summed E-state index contributed by atoms with van der Waals surface area (Å²) in [4.78, 5) is 22.9. The summed E-state index contributed by atoms with van der Waals surface area (Å²) >= 11 is 5.66. The minimum Gasteiger partial charge on any atom is -0.337 e. The lowest BCUT2D eigenvalue weighted by Gasteiger charge is -2.74. The predicted molar refractivity (Wildman–Crippen MR) is 95.4 cm³/mol. The summed E-state index contributed by atoms with van der Waals surface area (Å²) in [7, 11) is 0. The van der Waals surface area contributed by atoms with Gasteiger partial charge in [0.25, 0.3) is 0 Å². The summed E-state index contributed by atoms with van der Waals surface area (Å²) in [6.07, 6.45) is 9.72. The fourth-order valence-electron chi connectivity index (χ4n) is 5.31. The zero-order valence-corrected chi connectivity index (χ0v) is 15.0. The highest BCUT2D eigenvalue weighted by molar-refractivity contribution is 6.29. The van der Waals surface area contributed by atoms with E-state index in [9.17, 15) is 9.18 Å². The maximum Gasteiger partial charge on any atom is 0.223 e. The first-order valence-electron chi connectivity index (χ1n) is 9.03. The maximum atomic E-state index is 13.7. The van der Waals surface area contributed by atoms with Crippen LogP contribution in [0.3, 0.4) is 0 Å². The molecule has 0 N–H and O–H groups in total. The number of carbonyl (C=O) groups excluding carboxylic acids is 1. The van der Waals surface area contributed by atoms with Gasteiger partial charge in [-0.2, -0.15) is 0 Å². The highest BCUT2D eigenvalue weighted by Crippen LogP contribution is 2.70. The Hall–Kier alpha value is -2.01. The Morgan fingerprint density at radius 1 is 1.23 bits per heavy atom. The molecule has 4 fully saturated rings. The fraction of sp³-hybridized carbons (Fsp3) is 0.450. The average Bonchev–Trinajstić information content (AvgIpc) is 2.57. The lowest BCUT2D eigenvalue weighted by Crippen LogP contribution is -2.78. The highest BCUT2D eigenvalue weighted by Gasteiger charge is 2.71. The van der Waals surface area contributed by atoms with E-state index in [1.54, 1.807) is 6.20 Å². The van der Waals surface area contributed by atoms with E-state index in [4.69, 9.17) is 11.6 Å². The molecule has 6 heteroatoms. The summed E-state index contributed by atoms with van der Waals surface area (Å²) in [5, 5.41) is -0.118. The molecule has 1 unspecified atom stereocenters. The van der Waals surface area contributed by atoms with Crippen molar-refractivity contribution < 1.29 is 9.18 Å². The monoisotopic (exact) mass is 371 g/mol. The van der Waals surface area contributed by atoms with Crippen LogP contribution in [0.4, 0.5) is 4.39 Å². The number of hydrogen-bond donors (Lipinski definition) is 0. The van der Waals surface area contributed by atoms with Gasteiger partial charge in [0, 0.05) is 42.5 Å². The lowest BCUT2D eigenvalue weighted by atomic mass is 9.37. The Bertz CT molecular complexity index is 868. The molecule has 3 aliphatic carbocycles. The number of nitrogens with zero attached hydrogens (tertiary/aromatic N) is 3. The molecule has 1 atom stereocenters. The van der Waals surface area contributed by atoms with Crippen LogP contribution in [0, 0.1) is 5.82 Å². The molecular weight excluding hydrogens is 353 g/mol. The fourth-order valence-corrected chi connectivity index (χ4v) is 5.41. The van der Waals surface area contributed by atoms with Crippen LogP contribution in [0.25, 0.3) is 0 Å². The molecule has 6 rings (SSSR count). The van der Waals surface area contributed by atoms with E-state index in [0.717, 1.165) is 37.8 Å². The van der Waals surface area contributed by atoms with Crippen molar-refractivity contribution in [1.82, 2.24) is 14.9 Å². The topological polar surface area (TPSA) is 46.1 Å². The third-order valence-corrected chi connectivity index (χ3v) is 6.86. The molecule has 4 aliphatic rings. The van der Waals surface area contributed by atoms with Crippen LogP contribution in [0.1, 0.15) is 49.1 Å². The van der Waals surface area contributed by atoms with E-state index in [2.05, 4.69) is 27.0 Å². The van der Waals surface area contributed by atoms with E-state index in [0.29, 0.717) is 6.42 Å². The van der Waals surface area contributed by atoms with Crippen LogP contribution < -0.4 is 0 Å². The molecule has 2 bridgehead atoms. The summed E-state index contributed by atoms with van der Waals surface area (Å²) < 4.78 is 13.7. The standard InChI is InChI=1S/C20H19ClFN3O/c21-18-16(22)7-14(9-24-18)13-3-6-25(17(26)8-13)20-10-19(11-20,12-20)15-1-4-23-5-2-15/h1-2,4-5,7,9,13H,3,6,8,10-12H2. The summed E-state index contributed by atoms with van der Waals surface area (Å²) in [6, 6.07) is 5.61. The lowest BCUT2D eigenvalue weighted by molar-refractivity contribution is -0.189. The van der Waals surface area contributed by atoms with Crippen molar-refractivity contribution in [3.05, 3.63) is 58.9 Å². The first kappa shape index (κ1) is 16.2. The number of pyridine rings is 2. The maximum absolute atomic E-state index is 13.7. The number of piperidine rings is 1. The van der Waals surface area contributed by atoms with Crippen molar-refractivity contribution in [2.45, 2.75) is 49.0 Å². The number of halogens is 2. The summed E-state index contributed by atoms with van der Waals surface area (Å²) in [5.74, 6) is -0.308. The van der Waals surface area contributed by atoms with Crippen molar-refractivity contribution in [2.75, 3.05) is 6.54 Å². The van der Waals surface area contributed by atoms with Gasteiger partial charge in [0.15, 0.2) is 11.0 Å². The number of aromatic nitrogens is 2. The van der Waals surface area contributed by atoms with Gasteiger partial charge in [-0.15, -0.1) is 0 Å². The SMILES string of the molecule is O=C1CC(c2cnc(Cl)c(F)c2)CCN1C12CC(c3ccncc3)(C1)C2. The van der Waals surface area contributed by atoms with Crippen LogP contribution in [0.5, 0.6) is 0 Å². The van der Waals surface area contributed by atoms with Gasteiger partial charge in [0.2, 0.25) is 5.91 Å². The van der Waals surface area contributed by atoms with Gasteiger partial charge in [0.1, 0.15) is 0 Å². The van der Waals surface area contributed by atoms with Gasteiger partial charge < -0.3 is 4.90 Å². The summed E-state index contributed by atoms with van der Waals surface area (Å²) in [6.45, 7) is 0.736. The molecule has 4 nitrogen and oxygen atoms in total. The number of hydrogen-bond acceptors (Lipinski definition) is 3. The second kappa shape index (κ2) is 5.49. The van der Waals surface area contributed by atoms with Crippen LogP contribution in [0.2, 0.25) is 5.15 Å². The third kappa shape index (κ3) is 2.22. The molecular formula is C20H19ClFN3O. The predicted octanol–water partition coefficient (Wildman–Crippen LogP) is 3.85. The van der Waals surface area contributed by atoms with Gasteiger partial charge in [-0.3, -0.25) is 9.78 Å². The minimum absolute atomic E-state index is 0.0273. The molecule has 0 radical (unpaired) electrons.